The van der Waals surface area contributed by atoms with Crippen molar-refractivity contribution in [2.24, 2.45) is 0 Å². The SMILES string of the molecule is Cc1ccc(S(=O)(=O)O)cc1.Cc1cccc(COc2ccc(Nc3ncnc4ccc(-c5ccc(CNCCS(C)(=O)=O)o5)cc34)cc2Cl)c1. The van der Waals surface area contributed by atoms with Crippen LogP contribution in [-0.4, -0.2) is 49.9 Å². The third-order valence-electron chi connectivity index (χ3n) is 7.52. The number of ether oxygens (including phenoxy) is 1. The molecule has 0 amide bonds. The van der Waals surface area contributed by atoms with Gasteiger partial charge in [0.2, 0.25) is 0 Å². The first-order valence-electron chi connectivity index (χ1n) is 15.7. The molecule has 0 aliphatic rings. The minimum Gasteiger partial charge on any atom is -0.487 e. The molecule has 0 spiro atoms. The fourth-order valence-corrected chi connectivity index (χ4v) is 6.14. The predicted molar refractivity (Wildman–Crippen MR) is 200 cm³/mol. The third kappa shape index (κ3) is 11.1. The minimum absolute atomic E-state index is 0.0666. The average Bonchev–Trinajstić information content (AvgIpc) is 3.55. The second kappa shape index (κ2) is 16.5. The summed E-state index contributed by atoms with van der Waals surface area (Å²) in [7, 11) is -7.03. The van der Waals surface area contributed by atoms with Gasteiger partial charge >= 0.3 is 0 Å². The Labute approximate surface area is 302 Å². The lowest BCUT2D eigenvalue weighted by Crippen LogP contribution is -2.21. The highest BCUT2D eigenvalue weighted by atomic mass is 35.5. The van der Waals surface area contributed by atoms with Crippen molar-refractivity contribution in [2.75, 3.05) is 23.9 Å². The Morgan fingerprint density at radius 2 is 1.65 bits per heavy atom. The van der Waals surface area contributed by atoms with Crippen LogP contribution in [0.2, 0.25) is 5.02 Å². The van der Waals surface area contributed by atoms with E-state index in [4.69, 9.17) is 25.3 Å². The quantitative estimate of drug-likeness (QED) is 0.0837. The van der Waals surface area contributed by atoms with E-state index in [-0.39, 0.29) is 10.6 Å². The normalized spacial score (nSPS) is 11.5. The van der Waals surface area contributed by atoms with Crippen LogP contribution in [0.4, 0.5) is 11.5 Å². The monoisotopic (exact) mass is 748 g/mol. The van der Waals surface area contributed by atoms with Crippen molar-refractivity contribution in [2.45, 2.75) is 31.9 Å². The van der Waals surface area contributed by atoms with Crippen LogP contribution in [0.15, 0.2) is 113 Å². The van der Waals surface area contributed by atoms with Crippen LogP contribution in [-0.2, 0) is 33.1 Å². The smallest absolute Gasteiger partial charge is 0.294 e. The summed E-state index contributed by atoms with van der Waals surface area (Å²) in [6, 6.07) is 29.3. The van der Waals surface area contributed by atoms with E-state index in [1.54, 1.807) is 18.2 Å². The molecule has 0 fully saturated rings. The first kappa shape index (κ1) is 37.5. The Bertz CT molecular complexity index is 2350. The van der Waals surface area contributed by atoms with Gasteiger partial charge < -0.3 is 19.8 Å². The molecule has 0 radical (unpaired) electrons. The molecule has 2 aromatic heterocycles. The van der Waals surface area contributed by atoms with E-state index in [2.05, 4.69) is 26.7 Å². The van der Waals surface area contributed by atoms with Crippen LogP contribution in [0, 0.1) is 13.8 Å². The number of nitrogens with one attached hydrogen (secondary N) is 2. The molecule has 0 saturated heterocycles. The largest absolute Gasteiger partial charge is 0.487 e. The Kier molecular flexibility index (Phi) is 12.1. The van der Waals surface area contributed by atoms with E-state index in [0.717, 1.165) is 33.3 Å². The number of anilines is 2. The average molecular weight is 749 g/mol. The van der Waals surface area contributed by atoms with Gasteiger partial charge in [0.25, 0.3) is 10.1 Å². The van der Waals surface area contributed by atoms with Gasteiger partial charge in [-0.15, -0.1) is 0 Å². The molecular formula is C37H37ClN4O7S2. The molecule has 4 aromatic carbocycles. The van der Waals surface area contributed by atoms with Crippen molar-refractivity contribution < 1.29 is 30.5 Å². The summed E-state index contributed by atoms with van der Waals surface area (Å²) in [6.45, 7) is 5.12. The van der Waals surface area contributed by atoms with Crippen LogP contribution in [0.25, 0.3) is 22.2 Å². The van der Waals surface area contributed by atoms with E-state index >= 15 is 0 Å². The van der Waals surface area contributed by atoms with Gasteiger partial charge in [0.15, 0.2) is 0 Å². The van der Waals surface area contributed by atoms with Crippen LogP contribution < -0.4 is 15.4 Å². The van der Waals surface area contributed by atoms with Gasteiger partial charge in [-0.05, 0) is 80.1 Å². The maximum atomic E-state index is 11.3. The zero-order valence-electron chi connectivity index (χ0n) is 28.1. The van der Waals surface area contributed by atoms with Gasteiger partial charge in [0, 0.05) is 29.4 Å². The van der Waals surface area contributed by atoms with Crippen molar-refractivity contribution in [3.8, 4) is 17.1 Å². The molecule has 2 heterocycles. The lowest BCUT2D eigenvalue weighted by atomic mass is 10.1. The van der Waals surface area contributed by atoms with Crippen LogP contribution in [0.1, 0.15) is 22.5 Å². The van der Waals surface area contributed by atoms with Crippen molar-refractivity contribution >= 4 is 54.0 Å². The lowest BCUT2D eigenvalue weighted by Gasteiger charge is -2.12. The molecule has 266 valence electrons. The summed E-state index contributed by atoms with van der Waals surface area (Å²) in [5.74, 6) is 2.71. The van der Waals surface area contributed by atoms with Gasteiger partial charge in [0.05, 0.1) is 27.7 Å². The predicted octanol–water partition coefficient (Wildman–Crippen LogP) is 7.55. The number of rotatable bonds is 12. The van der Waals surface area contributed by atoms with Crippen molar-refractivity contribution in [1.29, 1.82) is 0 Å². The topological polar surface area (TPSA) is 161 Å². The molecule has 0 bridgehead atoms. The first-order chi connectivity index (χ1) is 24.2. The number of halogens is 1. The number of hydrogen-bond acceptors (Lipinski definition) is 10. The standard InChI is InChI=1S/C30H29ClN4O4S.C7H8O3S/c1-20-4-3-5-21(14-20)18-38-29-10-7-23(16-26(29)31)35-30-25-15-22(6-9-27(25)33-19-34-30)28-11-8-24(39-28)17-32-12-13-40(2,36)37;1-6-2-4-7(5-3-6)11(8,9)10/h3-11,14-16,19,32H,12-13,17-18H2,1-2H3,(H,33,34,35);2-5H,1H3,(H,8,9,10). The Balaban J connectivity index is 0.000000392. The number of sulfone groups is 1. The summed E-state index contributed by atoms with van der Waals surface area (Å²) in [6.07, 6.45) is 2.73. The van der Waals surface area contributed by atoms with Crippen molar-refractivity contribution in [3.63, 3.8) is 0 Å². The molecule has 0 aliphatic heterocycles. The number of benzene rings is 4. The van der Waals surface area contributed by atoms with E-state index in [9.17, 15) is 16.8 Å². The highest BCUT2D eigenvalue weighted by molar-refractivity contribution is 7.90. The second-order valence-electron chi connectivity index (χ2n) is 11.9. The summed E-state index contributed by atoms with van der Waals surface area (Å²) in [5.41, 5.74) is 5.62. The molecular weight excluding hydrogens is 712 g/mol. The molecule has 51 heavy (non-hydrogen) atoms. The van der Waals surface area contributed by atoms with E-state index in [0.29, 0.717) is 47.8 Å². The molecule has 3 N–H and O–H groups in total. The summed E-state index contributed by atoms with van der Waals surface area (Å²) in [5, 5.41) is 7.75. The van der Waals surface area contributed by atoms with Crippen molar-refractivity contribution in [1.82, 2.24) is 15.3 Å². The molecule has 6 rings (SSSR count). The maximum absolute atomic E-state index is 11.3. The zero-order chi connectivity index (χ0) is 36.6. The molecule has 0 aliphatic carbocycles. The summed E-state index contributed by atoms with van der Waals surface area (Å²) < 4.78 is 64.1. The Hall–Kier alpha value is -4.79. The maximum Gasteiger partial charge on any atom is 0.294 e. The fraction of sp³-hybridized carbons (Fsp3) is 0.189. The number of aryl methyl sites for hydroxylation is 2. The second-order valence-corrected chi connectivity index (χ2v) is 16.0. The van der Waals surface area contributed by atoms with E-state index in [1.807, 2.05) is 74.5 Å². The number of nitrogens with zero attached hydrogens (tertiary/aromatic N) is 2. The Morgan fingerprint density at radius 1 is 0.863 bits per heavy atom. The summed E-state index contributed by atoms with van der Waals surface area (Å²) in [4.78, 5) is 8.79. The molecule has 14 heteroatoms. The fourth-order valence-electron chi connectivity index (χ4n) is 4.91. The summed E-state index contributed by atoms with van der Waals surface area (Å²) >= 11 is 6.54. The van der Waals surface area contributed by atoms with Gasteiger partial charge in [-0.3, -0.25) is 4.55 Å². The van der Waals surface area contributed by atoms with Crippen LogP contribution >= 0.6 is 11.6 Å². The molecule has 0 unspecified atom stereocenters. The number of hydrogen-bond donors (Lipinski definition) is 3. The van der Waals surface area contributed by atoms with Gasteiger partial charge in [-0.25, -0.2) is 18.4 Å². The first-order valence-corrected chi connectivity index (χ1v) is 19.6. The van der Waals surface area contributed by atoms with Crippen molar-refractivity contribution in [3.05, 3.63) is 131 Å². The third-order valence-corrected chi connectivity index (χ3v) is 9.63. The molecule has 0 saturated carbocycles. The number of fused-ring (bicyclic) bond motifs is 1. The van der Waals surface area contributed by atoms with Gasteiger partial charge in [0.1, 0.15) is 45.9 Å². The van der Waals surface area contributed by atoms with Crippen LogP contribution in [0.3, 0.4) is 0 Å². The molecule has 0 atom stereocenters. The lowest BCUT2D eigenvalue weighted by molar-refractivity contribution is 0.306. The van der Waals surface area contributed by atoms with Gasteiger partial charge in [-0.1, -0.05) is 59.1 Å². The van der Waals surface area contributed by atoms with Crippen LogP contribution in [0.5, 0.6) is 5.75 Å². The van der Waals surface area contributed by atoms with E-state index in [1.165, 1.54) is 30.3 Å². The Morgan fingerprint density at radius 3 is 2.35 bits per heavy atom. The molecule has 11 nitrogen and oxygen atoms in total. The highest BCUT2D eigenvalue weighted by Crippen LogP contribution is 2.33. The van der Waals surface area contributed by atoms with E-state index < -0.39 is 20.0 Å². The number of furan rings is 1. The zero-order valence-corrected chi connectivity index (χ0v) is 30.5. The number of aromatic nitrogens is 2. The van der Waals surface area contributed by atoms with Gasteiger partial charge in [-0.2, -0.15) is 8.42 Å². The molecule has 6 aromatic rings. The highest BCUT2D eigenvalue weighted by Gasteiger charge is 2.12. The minimum atomic E-state index is -4.02.